The van der Waals surface area contributed by atoms with Crippen LogP contribution in [0.4, 0.5) is 13.2 Å². The third-order valence-corrected chi connectivity index (χ3v) is 3.50. The van der Waals surface area contributed by atoms with E-state index in [4.69, 9.17) is 0 Å². The van der Waals surface area contributed by atoms with Crippen LogP contribution in [0.25, 0.3) is 0 Å². The summed E-state index contributed by atoms with van der Waals surface area (Å²) in [6.07, 6.45) is -2.09. The van der Waals surface area contributed by atoms with Gasteiger partial charge in [0.1, 0.15) is 0 Å². The van der Waals surface area contributed by atoms with Gasteiger partial charge in [0.15, 0.2) is 5.41 Å². The fraction of sp³-hybridized carbons (Fsp3) is 0.917. The van der Waals surface area contributed by atoms with E-state index in [9.17, 15) is 18.0 Å². The molecule has 2 N–H and O–H groups in total. The second-order valence-corrected chi connectivity index (χ2v) is 5.02. The lowest BCUT2D eigenvalue weighted by molar-refractivity contribution is -0.216. The Morgan fingerprint density at radius 2 is 2.17 bits per heavy atom. The molecule has 0 aliphatic carbocycles. The molecular formula is C12H21F3N2O. The maximum Gasteiger partial charge on any atom is 0.404 e. The largest absolute Gasteiger partial charge is 0.404 e. The molecule has 2 atom stereocenters. The van der Waals surface area contributed by atoms with Crippen molar-refractivity contribution in [1.82, 2.24) is 10.6 Å². The molecule has 0 aromatic carbocycles. The third kappa shape index (κ3) is 3.16. The van der Waals surface area contributed by atoms with E-state index in [1.165, 1.54) is 0 Å². The molecule has 1 heterocycles. The first-order valence-corrected chi connectivity index (χ1v) is 6.42. The van der Waals surface area contributed by atoms with Crippen LogP contribution in [0, 0.1) is 5.41 Å². The van der Waals surface area contributed by atoms with E-state index in [-0.39, 0.29) is 25.6 Å². The lowest BCUT2D eigenvalue weighted by Crippen LogP contribution is -2.54. The maximum absolute atomic E-state index is 13.1. The smallest absolute Gasteiger partial charge is 0.353 e. The van der Waals surface area contributed by atoms with Crippen molar-refractivity contribution in [1.29, 1.82) is 0 Å². The molecule has 1 fully saturated rings. The molecule has 0 aromatic rings. The lowest BCUT2D eigenvalue weighted by atomic mass is 9.85. The fourth-order valence-corrected chi connectivity index (χ4v) is 2.20. The predicted octanol–water partition coefficient (Wildman–Crippen LogP) is 2.22. The number of carbonyl (C=O) groups excluding carboxylic acids is 1. The number of hydrogen-bond donors (Lipinski definition) is 2. The standard InChI is InChI=1S/C12H21F3N2O/c1-3-4-5-9(2)17-10(18)11(12(13,14)15)6-7-16-8-11/h9,16H,3-8H2,1-2H3,(H,17,18). The summed E-state index contributed by atoms with van der Waals surface area (Å²) < 4.78 is 39.2. The number of hydrogen-bond acceptors (Lipinski definition) is 2. The van der Waals surface area contributed by atoms with Gasteiger partial charge in [0.2, 0.25) is 5.91 Å². The Kier molecular flexibility index (Phi) is 5.01. The summed E-state index contributed by atoms with van der Waals surface area (Å²) in [5.74, 6) is -0.886. The maximum atomic E-state index is 13.1. The highest BCUT2D eigenvalue weighted by Gasteiger charge is 2.61. The quantitative estimate of drug-likeness (QED) is 0.801. The summed E-state index contributed by atoms with van der Waals surface area (Å²) in [4.78, 5) is 11.9. The van der Waals surface area contributed by atoms with Gasteiger partial charge in [0.25, 0.3) is 0 Å². The van der Waals surface area contributed by atoms with Crippen molar-refractivity contribution in [2.45, 2.75) is 51.7 Å². The molecule has 0 spiro atoms. The minimum absolute atomic E-state index is 0.178. The Bertz CT molecular complexity index is 286. The highest BCUT2D eigenvalue weighted by Crippen LogP contribution is 2.43. The van der Waals surface area contributed by atoms with Crippen molar-refractivity contribution in [2.24, 2.45) is 5.41 Å². The van der Waals surface area contributed by atoms with E-state index in [0.717, 1.165) is 12.8 Å². The molecule has 1 aliphatic heterocycles. The summed E-state index contributed by atoms with van der Waals surface area (Å²) in [6.45, 7) is 3.67. The van der Waals surface area contributed by atoms with Crippen LogP contribution in [-0.2, 0) is 4.79 Å². The summed E-state index contributed by atoms with van der Waals surface area (Å²) in [5, 5.41) is 5.14. The Balaban J connectivity index is 2.67. The van der Waals surface area contributed by atoms with E-state index >= 15 is 0 Å². The van der Waals surface area contributed by atoms with Crippen molar-refractivity contribution < 1.29 is 18.0 Å². The highest BCUT2D eigenvalue weighted by molar-refractivity contribution is 5.84. The molecule has 6 heteroatoms. The van der Waals surface area contributed by atoms with Gasteiger partial charge in [-0.05, 0) is 26.3 Å². The number of alkyl halides is 3. The summed E-state index contributed by atoms with van der Waals surface area (Å²) >= 11 is 0. The van der Waals surface area contributed by atoms with Gasteiger partial charge in [-0.3, -0.25) is 4.79 Å². The third-order valence-electron chi connectivity index (χ3n) is 3.50. The molecular weight excluding hydrogens is 245 g/mol. The van der Waals surface area contributed by atoms with E-state index in [1.807, 2.05) is 6.92 Å². The average molecular weight is 266 g/mol. The minimum Gasteiger partial charge on any atom is -0.353 e. The first-order valence-electron chi connectivity index (χ1n) is 6.42. The van der Waals surface area contributed by atoms with Crippen molar-refractivity contribution in [3.8, 4) is 0 Å². The first kappa shape index (κ1) is 15.3. The predicted molar refractivity (Wildman–Crippen MR) is 63.1 cm³/mol. The second-order valence-electron chi connectivity index (χ2n) is 5.02. The molecule has 0 saturated carbocycles. The first-order chi connectivity index (χ1) is 8.33. The van der Waals surface area contributed by atoms with Crippen LogP contribution in [-0.4, -0.2) is 31.2 Å². The summed E-state index contributed by atoms with van der Waals surface area (Å²) in [6, 6.07) is -0.211. The normalized spacial score (nSPS) is 26.1. The average Bonchev–Trinajstić information content (AvgIpc) is 2.75. The van der Waals surface area contributed by atoms with Crippen LogP contribution < -0.4 is 10.6 Å². The molecule has 1 amide bonds. The van der Waals surface area contributed by atoms with Crippen LogP contribution in [0.5, 0.6) is 0 Å². The number of amides is 1. The number of carbonyl (C=O) groups is 1. The zero-order valence-corrected chi connectivity index (χ0v) is 10.9. The van der Waals surface area contributed by atoms with Crippen LogP contribution in [0.3, 0.4) is 0 Å². The van der Waals surface area contributed by atoms with Crippen LogP contribution in [0.1, 0.15) is 39.5 Å². The summed E-state index contributed by atoms with van der Waals surface area (Å²) in [7, 11) is 0. The molecule has 1 saturated heterocycles. The van der Waals surface area contributed by atoms with Crippen molar-refractivity contribution in [2.75, 3.05) is 13.1 Å². The van der Waals surface area contributed by atoms with Crippen LogP contribution >= 0.6 is 0 Å². The Labute approximate surface area is 106 Å². The molecule has 2 unspecified atom stereocenters. The monoisotopic (exact) mass is 266 g/mol. The fourth-order valence-electron chi connectivity index (χ4n) is 2.20. The van der Waals surface area contributed by atoms with Crippen molar-refractivity contribution in [3.63, 3.8) is 0 Å². The summed E-state index contributed by atoms with van der Waals surface area (Å²) in [5.41, 5.74) is -2.24. The molecule has 0 bridgehead atoms. The zero-order valence-electron chi connectivity index (χ0n) is 10.9. The van der Waals surface area contributed by atoms with Gasteiger partial charge in [-0.1, -0.05) is 19.8 Å². The van der Waals surface area contributed by atoms with Gasteiger partial charge in [-0.25, -0.2) is 0 Å². The number of halogens is 3. The van der Waals surface area contributed by atoms with Gasteiger partial charge >= 0.3 is 6.18 Å². The van der Waals surface area contributed by atoms with Crippen molar-refractivity contribution >= 4 is 5.91 Å². The molecule has 106 valence electrons. The zero-order chi connectivity index (χ0) is 13.8. The lowest BCUT2D eigenvalue weighted by Gasteiger charge is -2.30. The van der Waals surface area contributed by atoms with E-state index in [0.29, 0.717) is 6.42 Å². The molecule has 18 heavy (non-hydrogen) atoms. The SMILES string of the molecule is CCCCC(C)NC(=O)C1(C(F)(F)F)CCNC1. The molecule has 3 nitrogen and oxygen atoms in total. The van der Waals surface area contributed by atoms with Gasteiger partial charge in [0.05, 0.1) is 0 Å². The van der Waals surface area contributed by atoms with E-state index in [2.05, 4.69) is 10.6 Å². The van der Waals surface area contributed by atoms with E-state index < -0.39 is 17.5 Å². The topological polar surface area (TPSA) is 41.1 Å². The van der Waals surface area contributed by atoms with Crippen LogP contribution in [0.15, 0.2) is 0 Å². The van der Waals surface area contributed by atoms with E-state index in [1.54, 1.807) is 6.92 Å². The Morgan fingerprint density at radius 1 is 1.50 bits per heavy atom. The molecule has 0 radical (unpaired) electrons. The van der Waals surface area contributed by atoms with Gasteiger partial charge in [0, 0.05) is 12.6 Å². The Morgan fingerprint density at radius 3 is 2.61 bits per heavy atom. The van der Waals surface area contributed by atoms with Gasteiger partial charge in [-0.15, -0.1) is 0 Å². The van der Waals surface area contributed by atoms with Crippen LogP contribution in [0.2, 0.25) is 0 Å². The second kappa shape index (κ2) is 5.91. The Hall–Kier alpha value is -0.780. The number of nitrogens with one attached hydrogen (secondary N) is 2. The molecule has 0 aromatic heterocycles. The molecule has 1 aliphatic rings. The van der Waals surface area contributed by atoms with Gasteiger partial charge in [-0.2, -0.15) is 13.2 Å². The number of unbranched alkanes of at least 4 members (excludes halogenated alkanes) is 1. The van der Waals surface area contributed by atoms with Gasteiger partial charge < -0.3 is 10.6 Å². The highest BCUT2D eigenvalue weighted by atomic mass is 19.4. The number of rotatable bonds is 5. The minimum atomic E-state index is -4.49. The molecule has 1 rings (SSSR count). The van der Waals surface area contributed by atoms with Crippen molar-refractivity contribution in [3.05, 3.63) is 0 Å².